The van der Waals surface area contributed by atoms with E-state index in [1.54, 1.807) is 6.07 Å². The minimum atomic E-state index is -3.33. The number of para-hydroxylation sites is 2. The third kappa shape index (κ3) is 3.87. The third-order valence-electron chi connectivity index (χ3n) is 6.39. The van der Waals surface area contributed by atoms with Crippen LogP contribution in [0.2, 0.25) is 5.02 Å². The molecule has 10 heteroatoms. The second-order valence-electron chi connectivity index (χ2n) is 8.50. The summed E-state index contributed by atoms with van der Waals surface area (Å²) in [5, 5.41) is 4.00. The molecule has 2 aliphatic rings. The Balaban J connectivity index is 1.25. The Morgan fingerprint density at radius 1 is 1.19 bits per heavy atom. The van der Waals surface area contributed by atoms with Crippen molar-refractivity contribution in [1.82, 2.24) is 9.88 Å². The molecule has 168 valence electrons. The van der Waals surface area contributed by atoms with Gasteiger partial charge in [0, 0.05) is 12.0 Å². The van der Waals surface area contributed by atoms with Crippen LogP contribution < -0.4 is 9.62 Å². The van der Waals surface area contributed by atoms with Gasteiger partial charge in [-0.2, -0.15) is 0 Å². The minimum absolute atomic E-state index is 0.110. The molecule has 32 heavy (non-hydrogen) atoms. The summed E-state index contributed by atoms with van der Waals surface area (Å²) in [5.74, 6) is -0.110. The molecular weight excluding hydrogens is 468 g/mol. The van der Waals surface area contributed by atoms with Crippen LogP contribution in [0.4, 0.5) is 10.8 Å². The summed E-state index contributed by atoms with van der Waals surface area (Å²) >= 11 is 7.58. The van der Waals surface area contributed by atoms with Crippen molar-refractivity contribution in [1.29, 1.82) is 0 Å². The van der Waals surface area contributed by atoms with Gasteiger partial charge in [-0.25, -0.2) is 13.4 Å². The number of carbonyl (C=O) groups excluding carboxylic acids is 1. The molecule has 0 unspecified atom stereocenters. The van der Waals surface area contributed by atoms with Crippen LogP contribution in [0.5, 0.6) is 0 Å². The van der Waals surface area contributed by atoms with E-state index in [2.05, 4.69) is 15.2 Å². The lowest BCUT2D eigenvalue weighted by Gasteiger charge is -2.39. The summed E-state index contributed by atoms with van der Waals surface area (Å²) in [5.41, 5.74) is 2.39. The predicted octanol–water partition coefficient (Wildman–Crippen LogP) is 3.70. The van der Waals surface area contributed by atoms with E-state index in [-0.39, 0.29) is 17.9 Å². The van der Waals surface area contributed by atoms with Gasteiger partial charge in [0.15, 0.2) is 5.13 Å². The van der Waals surface area contributed by atoms with E-state index in [1.807, 2.05) is 36.4 Å². The Kier molecular flexibility index (Phi) is 5.40. The number of fused-ring (bicyclic) bond motifs is 3. The molecule has 0 saturated carbocycles. The number of halogens is 1. The number of hydrogen-bond donors (Lipinski definition) is 1. The zero-order valence-corrected chi connectivity index (χ0v) is 19.9. The highest BCUT2D eigenvalue weighted by Gasteiger charge is 2.46. The standard InChI is InChI=1S/C22H23ClN4O3S2/c1-32(29,30)27-14-22(15-5-2-3-7-17(15)27)9-11-26(12-10-22)13-19(28)24-21-25-20-16(23)6-4-8-18(20)31-21/h2-8H,9-14H2,1H3,(H,24,25,28). The highest BCUT2D eigenvalue weighted by molar-refractivity contribution is 7.92. The molecule has 7 nitrogen and oxygen atoms in total. The van der Waals surface area contributed by atoms with Crippen LogP contribution in [-0.2, 0) is 20.2 Å². The molecule has 1 aromatic heterocycles. The van der Waals surface area contributed by atoms with Crippen molar-refractivity contribution < 1.29 is 13.2 Å². The van der Waals surface area contributed by atoms with E-state index in [0.717, 1.165) is 41.9 Å². The Morgan fingerprint density at radius 3 is 2.66 bits per heavy atom. The Bertz CT molecular complexity index is 1300. The Morgan fingerprint density at radius 2 is 1.94 bits per heavy atom. The van der Waals surface area contributed by atoms with Crippen LogP contribution in [0.25, 0.3) is 10.2 Å². The van der Waals surface area contributed by atoms with Crippen molar-refractivity contribution in [2.24, 2.45) is 0 Å². The van der Waals surface area contributed by atoms with Crippen LogP contribution in [0, 0.1) is 0 Å². The summed E-state index contributed by atoms with van der Waals surface area (Å²) in [7, 11) is -3.33. The van der Waals surface area contributed by atoms with Crippen molar-refractivity contribution in [3.8, 4) is 0 Å². The molecule has 1 amide bonds. The van der Waals surface area contributed by atoms with Crippen molar-refractivity contribution in [3.63, 3.8) is 0 Å². The van der Waals surface area contributed by atoms with E-state index >= 15 is 0 Å². The van der Waals surface area contributed by atoms with Crippen LogP contribution in [-0.4, -0.2) is 56.6 Å². The summed E-state index contributed by atoms with van der Waals surface area (Å²) in [6, 6.07) is 13.4. The fraction of sp³-hybridized carbons (Fsp3) is 0.364. The lowest BCUT2D eigenvalue weighted by molar-refractivity contribution is -0.117. The first kappa shape index (κ1) is 21.6. The van der Waals surface area contributed by atoms with E-state index in [4.69, 9.17) is 11.6 Å². The van der Waals surface area contributed by atoms with Gasteiger partial charge in [-0.15, -0.1) is 0 Å². The molecule has 0 atom stereocenters. The number of benzene rings is 2. The largest absolute Gasteiger partial charge is 0.301 e. The molecule has 1 fully saturated rings. The molecule has 0 bridgehead atoms. The van der Waals surface area contributed by atoms with Gasteiger partial charge < -0.3 is 5.32 Å². The molecule has 5 rings (SSSR count). The van der Waals surface area contributed by atoms with E-state index in [9.17, 15) is 13.2 Å². The number of sulfonamides is 1. The second kappa shape index (κ2) is 7.98. The number of piperidine rings is 1. The summed E-state index contributed by atoms with van der Waals surface area (Å²) < 4.78 is 27.1. The number of aromatic nitrogens is 1. The average molecular weight is 491 g/mol. The van der Waals surface area contributed by atoms with Crippen molar-refractivity contribution in [2.45, 2.75) is 18.3 Å². The molecule has 2 aliphatic heterocycles. The molecule has 0 aliphatic carbocycles. The van der Waals surface area contributed by atoms with E-state index in [1.165, 1.54) is 21.9 Å². The summed E-state index contributed by atoms with van der Waals surface area (Å²) in [6.07, 6.45) is 2.87. The number of carbonyl (C=O) groups is 1. The molecule has 1 N–H and O–H groups in total. The number of rotatable bonds is 4. The van der Waals surface area contributed by atoms with Gasteiger partial charge in [-0.05, 0) is 49.7 Å². The summed E-state index contributed by atoms with van der Waals surface area (Å²) in [4.78, 5) is 19.2. The maximum absolute atomic E-state index is 12.6. The number of anilines is 2. The molecule has 2 aromatic carbocycles. The molecular formula is C22H23ClN4O3S2. The maximum atomic E-state index is 12.6. The number of nitrogens with one attached hydrogen (secondary N) is 1. The van der Waals surface area contributed by atoms with Gasteiger partial charge in [-0.3, -0.25) is 14.0 Å². The van der Waals surface area contributed by atoms with Crippen molar-refractivity contribution in [3.05, 3.63) is 53.1 Å². The van der Waals surface area contributed by atoms with Gasteiger partial charge in [0.25, 0.3) is 0 Å². The first-order valence-corrected chi connectivity index (χ1v) is 13.4. The molecule has 1 spiro atoms. The lowest BCUT2D eigenvalue weighted by atomic mass is 9.74. The fourth-order valence-electron chi connectivity index (χ4n) is 4.78. The van der Waals surface area contributed by atoms with Crippen LogP contribution >= 0.6 is 22.9 Å². The SMILES string of the molecule is CS(=O)(=O)N1CC2(CCN(CC(=O)Nc3nc4c(Cl)cccc4s3)CC2)c2ccccc21. The number of likely N-dealkylation sites (tertiary alicyclic amines) is 1. The Labute approximate surface area is 196 Å². The number of amides is 1. The van der Waals surface area contributed by atoms with Crippen LogP contribution in [0.1, 0.15) is 18.4 Å². The normalized spacial score (nSPS) is 18.2. The molecule has 3 aromatic rings. The zero-order chi connectivity index (χ0) is 22.5. The van der Waals surface area contributed by atoms with Crippen LogP contribution in [0.15, 0.2) is 42.5 Å². The first-order valence-electron chi connectivity index (χ1n) is 10.4. The van der Waals surface area contributed by atoms with Gasteiger partial charge in [0.05, 0.1) is 28.2 Å². The molecule has 1 saturated heterocycles. The molecule has 3 heterocycles. The van der Waals surface area contributed by atoms with Gasteiger partial charge >= 0.3 is 0 Å². The second-order valence-corrected chi connectivity index (χ2v) is 11.8. The van der Waals surface area contributed by atoms with Crippen molar-refractivity contribution in [2.75, 3.05) is 42.1 Å². The van der Waals surface area contributed by atoms with Gasteiger partial charge in [0.2, 0.25) is 15.9 Å². The third-order valence-corrected chi connectivity index (χ3v) is 8.75. The lowest BCUT2D eigenvalue weighted by Crippen LogP contribution is -2.47. The highest BCUT2D eigenvalue weighted by atomic mass is 35.5. The minimum Gasteiger partial charge on any atom is -0.301 e. The number of nitrogens with zero attached hydrogens (tertiary/aromatic N) is 3. The quantitative estimate of drug-likeness (QED) is 0.603. The highest BCUT2D eigenvalue weighted by Crippen LogP contribution is 2.47. The zero-order valence-electron chi connectivity index (χ0n) is 17.5. The fourth-order valence-corrected chi connectivity index (χ4v) is 6.96. The topological polar surface area (TPSA) is 82.6 Å². The van der Waals surface area contributed by atoms with Gasteiger partial charge in [-0.1, -0.05) is 47.2 Å². The van der Waals surface area contributed by atoms with Crippen LogP contribution in [0.3, 0.4) is 0 Å². The predicted molar refractivity (Wildman–Crippen MR) is 129 cm³/mol. The monoisotopic (exact) mass is 490 g/mol. The van der Waals surface area contributed by atoms with E-state index in [0.29, 0.717) is 22.2 Å². The molecule has 0 radical (unpaired) electrons. The first-order chi connectivity index (χ1) is 15.2. The number of hydrogen-bond acceptors (Lipinski definition) is 6. The average Bonchev–Trinajstić information content (AvgIpc) is 3.30. The van der Waals surface area contributed by atoms with Gasteiger partial charge in [0.1, 0.15) is 5.52 Å². The Hall–Kier alpha value is -2.20. The summed E-state index contributed by atoms with van der Waals surface area (Å²) in [6.45, 7) is 2.20. The maximum Gasteiger partial charge on any atom is 0.240 e. The van der Waals surface area contributed by atoms with E-state index < -0.39 is 10.0 Å². The number of thiazole rings is 1. The smallest absolute Gasteiger partial charge is 0.240 e. The van der Waals surface area contributed by atoms with Crippen molar-refractivity contribution >= 4 is 59.9 Å².